The third kappa shape index (κ3) is 3.62. The van der Waals surface area contributed by atoms with Gasteiger partial charge in [0.15, 0.2) is 0 Å². The van der Waals surface area contributed by atoms with E-state index in [1.54, 1.807) is 11.6 Å². The van der Waals surface area contributed by atoms with Gasteiger partial charge in [0.05, 0.1) is 28.3 Å². The number of nitro benzene ring substituents is 1. The molecule has 9 nitrogen and oxygen atoms in total. The zero-order valence-electron chi connectivity index (χ0n) is 14.8. The van der Waals surface area contributed by atoms with E-state index in [4.69, 9.17) is 16.3 Å². The van der Waals surface area contributed by atoms with Gasteiger partial charge < -0.3 is 4.74 Å². The Morgan fingerprint density at radius 1 is 1.31 bits per heavy atom. The van der Waals surface area contributed by atoms with Crippen molar-refractivity contribution in [3.8, 4) is 17.0 Å². The Morgan fingerprint density at radius 3 is 2.90 bits per heavy atom. The normalized spacial score (nSPS) is 10.8. The van der Waals surface area contributed by atoms with Crippen LogP contribution < -0.4 is 10.1 Å². The van der Waals surface area contributed by atoms with Gasteiger partial charge in [0.2, 0.25) is 4.96 Å². The van der Waals surface area contributed by atoms with Crippen LogP contribution in [0.1, 0.15) is 10.4 Å². The van der Waals surface area contributed by atoms with Crippen LogP contribution in [-0.2, 0) is 0 Å². The molecule has 0 aliphatic rings. The summed E-state index contributed by atoms with van der Waals surface area (Å²) in [5, 5.41) is 19.8. The van der Waals surface area contributed by atoms with Crippen molar-refractivity contribution < 1.29 is 14.5 Å². The predicted molar refractivity (Wildman–Crippen MR) is 109 cm³/mol. The molecule has 2 aromatic carbocycles. The number of methoxy groups -OCH3 is 1. The highest BCUT2D eigenvalue weighted by Gasteiger charge is 2.19. The molecule has 4 rings (SSSR count). The molecular weight excluding hydrogens is 418 g/mol. The second kappa shape index (κ2) is 7.49. The van der Waals surface area contributed by atoms with Crippen LogP contribution in [0.25, 0.3) is 16.2 Å². The number of fused-ring (bicyclic) bond motifs is 1. The quantitative estimate of drug-likeness (QED) is 0.374. The predicted octanol–water partition coefficient (Wildman–Crippen LogP) is 4.28. The Balaban J connectivity index is 1.64. The van der Waals surface area contributed by atoms with Crippen LogP contribution >= 0.6 is 22.9 Å². The first-order valence-electron chi connectivity index (χ1n) is 8.20. The van der Waals surface area contributed by atoms with E-state index in [-0.39, 0.29) is 22.2 Å². The molecule has 4 aromatic rings. The van der Waals surface area contributed by atoms with Gasteiger partial charge in [-0.25, -0.2) is 4.52 Å². The van der Waals surface area contributed by atoms with Crippen LogP contribution in [0.5, 0.6) is 5.75 Å². The van der Waals surface area contributed by atoms with E-state index in [9.17, 15) is 14.9 Å². The van der Waals surface area contributed by atoms with Crippen LogP contribution in [0.15, 0.2) is 47.8 Å². The molecule has 2 aromatic heterocycles. The first-order chi connectivity index (χ1) is 14.0. The Bertz CT molecular complexity index is 1250. The SMILES string of the molecule is COc1cccc(-c2csc3nc(NC(=O)c4cc([N+](=O)[O-])ccc4Cl)nn23)c1. The van der Waals surface area contributed by atoms with Gasteiger partial charge in [-0.1, -0.05) is 23.7 Å². The standard InChI is InChI=1S/C18H12ClN5O4S/c1-28-12-4-2-3-10(7-12)15-9-29-18-21-17(22-23(15)18)20-16(25)13-8-11(24(26)27)5-6-14(13)19/h2-9H,1H3,(H,20,22,25). The highest BCUT2D eigenvalue weighted by Crippen LogP contribution is 2.29. The van der Waals surface area contributed by atoms with Crippen LogP contribution in [0, 0.1) is 10.1 Å². The van der Waals surface area contributed by atoms with E-state index in [0.717, 1.165) is 17.3 Å². The van der Waals surface area contributed by atoms with Gasteiger partial charge in [0, 0.05) is 23.1 Å². The Morgan fingerprint density at radius 2 is 2.14 bits per heavy atom. The maximum absolute atomic E-state index is 12.5. The number of nitrogens with one attached hydrogen (secondary N) is 1. The molecule has 0 fully saturated rings. The third-order valence-corrected chi connectivity index (χ3v) is 5.22. The fraction of sp³-hybridized carbons (Fsp3) is 0.0556. The fourth-order valence-electron chi connectivity index (χ4n) is 2.68. The molecule has 2 heterocycles. The van der Waals surface area contributed by atoms with Gasteiger partial charge in [-0.05, 0) is 18.2 Å². The number of thiazole rings is 1. The van der Waals surface area contributed by atoms with Crippen LogP contribution in [0.2, 0.25) is 5.02 Å². The van der Waals surface area contributed by atoms with E-state index in [0.29, 0.717) is 10.7 Å². The maximum atomic E-state index is 12.5. The van der Waals surface area contributed by atoms with E-state index in [1.807, 2.05) is 29.6 Å². The first-order valence-corrected chi connectivity index (χ1v) is 9.46. The van der Waals surface area contributed by atoms with Crippen molar-refractivity contribution in [2.24, 2.45) is 0 Å². The number of benzene rings is 2. The number of rotatable bonds is 5. The summed E-state index contributed by atoms with van der Waals surface area (Å²) in [6.07, 6.45) is 0. The van der Waals surface area contributed by atoms with Crippen LogP contribution in [0.4, 0.5) is 11.6 Å². The lowest BCUT2D eigenvalue weighted by Crippen LogP contribution is -2.14. The van der Waals surface area contributed by atoms with Gasteiger partial charge in [-0.15, -0.1) is 16.4 Å². The molecule has 0 saturated heterocycles. The lowest BCUT2D eigenvalue weighted by Gasteiger charge is -2.04. The molecule has 1 N–H and O–H groups in total. The fourth-order valence-corrected chi connectivity index (χ4v) is 3.72. The minimum atomic E-state index is -0.639. The molecule has 0 unspecified atom stereocenters. The molecule has 146 valence electrons. The lowest BCUT2D eigenvalue weighted by molar-refractivity contribution is -0.384. The number of aromatic nitrogens is 3. The summed E-state index contributed by atoms with van der Waals surface area (Å²) >= 11 is 7.37. The molecule has 0 saturated carbocycles. The van der Waals surface area contributed by atoms with Crippen molar-refractivity contribution in [2.45, 2.75) is 0 Å². The number of non-ortho nitro benzene ring substituents is 1. The third-order valence-electron chi connectivity index (χ3n) is 4.08. The number of nitrogens with zero attached hydrogens (tertiary/aromatic N) is 4. The summed E-state index contributed by atoms with van der Waals surface area (Å²) in [6, 6.07) is 11.1. The van der Waals surface area contributed by atoms with E-state index in [1.165, 1.54) is 23.5 Å². The van der Waals surface area contributed by atoms with E-state index < -0.39 is 10.8 Å². The second-order valence-electron chi connectivity index (χ2n) is 5.86. The Hall–Kier alpha value is -3.50. The Kier molecular flexibility index (Phi) is 4.87. The second-order valence-corrected chi connectivity index (χ2v) is 7.10. The van der Waals surface area contributed by atoms with Crippen molar-refractivity contribution in [1.29, 1.82) is 0 Å². The number of hydrogen-bond acceptors (Lipinski definition) is 7. The number of anilines is 1. The molecule has 0 aliphatic carbocycles. The van der Waals surface area contributed by atoms with Gasteiger partial charge >= 0.3 is 0 Å². The molecule has 0 spiro atoms. The average Bonchev–Trinajstić information content (AvgIpc) is 3.28. The highest BCUT2D eigenvalue weighted by atomic mass is 35.5. The summed E-state index contributed by atoms with van der Waals surface area (Å²) in [6.45, 7) is 0. The van der Waals surface area contributed by atoms with Crippen molar-refractivity contribution in [2.75, 3.05) is 12.4 Å². The molecule has 0 aliphatic heterocycles. The van der Waals surface area contributed by atoms with Crippen molar-refractivity contribution in [3.05, 3.63) is 68.5 Å². The van der Waals surface area contributed by atoms with E-state index >= 15 is 0 Å². The van der Waals surface area contributed by atoms with Crippen molar-refractivity contribution in [1.82, 2.24) is 14.6 Å². The first kappa shape index (κ1) is 18.8. The van der Waals surface area contributed by atoms with Crippen molar-refractivity contribution in [3.63, 3.8) is 0 Å². The lowest BCUT2D eigenvalue weighted by atomic mass is 10.2. The van der Waals surface area contributed by atoms with Crippen LogP contribution in [0.3, 0.4) is 0 Å². The molecule has 0 bridgehead atoms. The summed E-state index contributed by atoms with van der Waals surface area (Å²) in [4.78, 5) is 27.7. The molecule has 0 atom stereocenters. The minimum Gasteiger partial charge on any atom is -0.497 e. The molecule has 29 heavy (non-hydrogen) atoms. The molecule has 1 amide bonds. The number of ether oxygens (including phenoxy) is 1. The maximum Gasteiger partial charge on any atom is 0.270 e. The Labute approximate surface area is 172 Å². The number of carbonyl (C=O) groups is 1. The molecular formula is C18H12ClN5O4S. The number of nitro groups is 1. The molecule has 11 heteroatoms. The van der Waals surface area contributed by atoms with Crippen molar-refractivity contribution >= 4 is 45.4 Å². The smallest absolute Gasteiger partial charge is 0.270 e. The largest absolute Gasteiger partial charge is 0.497 e. The summed E-state index contributed by atoms with van der Waals surface area (Å²) < 4.78 is 6.85. The monoisotopic (exact) mass is 429 g/mol. The van der Waals surface area contributed by atoms with Gasteiger partial charge in [0.1, 0.15) is 5.75 Å². The van der Waals surface area contributed by atoms with Gasteiger partial charge in [-0.3, -0.25) is 20.2 Å². The number of carbonyl (C=O) groups excluding carboxylic acids is 1. The number of hydrogen-bond donors (Lipinski definition) is 1. The van der Waals surface area contributed by atoms with Gasteiger partial charge in [-0.2, -0.15) is 4.98 Å². The summed E-state index contributed by atoms with van der Waals surface area (Å²) in [5.41, 5.74) is 1.39. The zero-order chi connectivity index (χ0) is 20.5. The molecule has 0 radical (unpaired) electrons. The summed E-state index contributed by atoms with van der Waals surface area (Å²) in [5.74, 6) is 0.129. The topological polar surface area (TPSA) is 112 Å². The van der Waals surface area contributed by atoms with Gasteiger partial charge in [0.25, 0.3) is 17.5 Å². The zero-order valence-corrected chi connectivity index (χ0v) is 16.4. The number of halogens is 1. The number of amides is 1. The summed E-state index contributed by atoms with van der Waals surface area (Å²) in [7, 11) is 1.59. The average molecular weight is 430 g/mol. The minimum absolute atomic E-state index is 0.0351. The van der Waals surface area contributed by atoms with Crippen LogP contribution in [-0.4, -0.2) is 32.5 Å². The highest BCUT2D eigenvalue weighted by molar-refractivity contribution is 7.15. The van der Waals surface area contributed by atoms with E-state index in [2.05, 4.69) is 15.4 Å².